The van der Waals surface area contributed by atoms with Gasteiger partial charge in [0.1, 0.15) is 6.04 Å². The number of amides is 4. The van der Waals surface area contributed by atoms with Gasteiger partial charge in [0.05, 0.1) is 13.2 Å². The largest absolute Gasteiger partial charge is 0.378 e. The van der Waals surface area contributed by atoms with E-state index in [9.17, 15) is 14.4 Å². The van der Waals surface area contributed by atoms with E-state index >= 15 is 0 Å². The van der Waals surface area contributed by atoms with Gasteiger partial charge in [-0.1, -0.05) is 66.7 Å². The second-order valence-electron chi connectivity index (χ2n) is 8.19. The van der Waals surface area contributed by atoms with Crippen molar-refractivity contribution in [3.8, 4) is 0 Å². The Kier molecular flexibility index (Phi) is 9.66. The van der Waals surface area contributed by atoms with Crippen LogP contribution in [0.1, 0.15) is 17.5 Å². The van der Waals surface area contributed by atoms with Crippen molar-refractivity contribution in [2.75, 3.05) is 26.3 Å². The molecule has 0 bridgehead atoms. The molecule has 1 aliphatic rings. The zero-order chi connectivity index (χ0) is 24.2. The van der Waals surface area contributed by atoms with Gasteiger partial charge in [-0.3, -0.25) is 9.59 Å². The summed E-state index contributed by atoms with van der Waals surface area (Å²) in [4.78, 5) is 39.1. The number of nitrogens with one attached hydrogen (secondary N) is 2. The molecule has 0 radical (unpaired) electrons. The van der Waals surface area contributed by atoms with Crippen LogP contribution in [0.2, 0.25) is 0 Å². The predicted molar refractivity (Wildman–Crippen MR) is 130 cm³/mol. The summed E-state index contributed by atoms with van der Waals surface area (Å²) >= 11 is 0. The average molecular weight is 465 g/mol. The molecule has 0 spiro atoms. The lowest BCUT2D eigenvalue weighted by molar-refractivity contribution is -0.123. The van der Waals surface area contributed by atoms with Crippen molar-refractivity contribution in [1.29, 1.82) is 0 Å². The van der Waals surface area contributed by atoms with Crippen LogP contribution in [0, 0.1) is 0 Å². The van der Waals surface area contributed by atoms with E-state index in [1.165, 1.54) is 6.08 Å². The summed E-state index contributed by atoms with van der Waals surface area (Å²) in [5, 5.41) is 5.86. The Morgan fingerprint density at radius 1 is 0.941 bits per heavy atom. The minimum atomic E-state index is -0.779. The van der Waals surface area contributed by atoms with Crippen molar-refractivity contribution < 1.29 is 19.1 Å². The highest BCUT2D eigenvalue weighted by Crippen LogP contribution is 2.09. The Hall–Kier alpha value is -3.65. The molecule has 4 amide bonds. The van der Waals surface area contributed by atoms with Gasteiger partial charge in [-0.2, -0.15) is 0 Å². The summed E-state index contributed by atoms with van der Waals surface area (Å²) in [5.41, 5.74) is 7.33. The van der Waals surface area contributed by atoms with Gasteiger partial charge in [0.2, 0.25) is 11.8 Å². The number of rotatable bonds is 10. The van der Waals surface area contributed by atoms with E-state index in [1.54, 1.807) is 11.0 Å². The van der Waals surface area contributed by atoms with E-state index in [1.807, 2.05) is 60.7 Å². The smallest absolute Gasteiger partial charge is 0.318 e. The second kappa shape index (κ2) is 13.2. The number of aryl methyl sites for hydroxylation is 1. The van der Waals surface area contributed by atoms with Crippen LogP contribution in [0.25, 0.3) is 0 Å². The number of hydrogen-bond acceptors (Lipinski definition) is 4. The number of morpholine rings is 1. The summed E-state index contributed by atoms with van der Waals surface area (Å²) in [6.07, 6.45) is 4.49. The zero-order valence-corrected chi connectivity index (χ0v) is 19.2. The number of nitrogens with zero attached hydrogens (tertiary/aromatic N) is 1. The van der Waals surface area contributed by atoms with E-state index < -0.39 is 18.0 Å². The molecule has 1 fully saturated rings. The molecular formula is C26H32N4O4. The fourth-order valence-corrected chi connectivity index (χ4v) is 3.74. The molecule has 4 N–H and O–H groups in total. The number of carbonyl (C=O) groups is 3. The molecule has 8 nitrogen and oxygen atoms in total. The van der Waals surface area contributed by atoms with Crippen LogP contribution in [0.5, 0.6) is 0 Å². The maximum absolute atomic E-state index is 13.3. The lowest BCUT2D eigenvalue weighted by Gasteiger charge is -2.29. The fraction of sp³-hybridized carbons (Fsp3) is 0.346. The van der Waals surface area contributed by atoms with E-state index in [0.29, 0.717) is 45.6 Å². The molecule has 8 heteroatoms. The Labute approximate surface area is 200 Å². The molecule has 2 aromatic rings. The molecule has 3 rings (SSSR count). The van der Waals surface area contributed by atoms with Crippen molar-refractivity contribution in [2.24, 2.45) is 5.73 Å². The maximum Gasteiger partial charge on any atom is 0.318 e. The number of urea groups is 1. The number of primary amides is 1. The van der Waals surface area contributed by atoms with Crippen LogP contribution in [-0.2, 0) is 27.2 Å². The Bertz CT molecular complexity index is 959. The molecular weight excluding hydrogens is 432 g/mol. The van der Waals surface area contributed by atoms with Crippen LogP contribution in [-0.4, -0.2) is 61.1 Å². The zero-order valence-electron chi connectivity index (χ0n) is 19.2. The molecule has 1 aliphatic heterocycles. The number of nitrogens with two attached hydrogens (primary N) is 1. The first-order valence-electron chi connectivity index (χ1n) is 11.5. The quantitative estimate of drug-likeness (QED) is 0.465. The van der Waals surface area contributed by atoms with Gasteiger partial charge in [0.25, 0.3) is 0 Å². The third-order valence-corrected chi connectivity index (χ3v) is 5.60. The van der Waals surface area contributed by atoms with Crippen molar-refractivity contribution in [1.82, 2.24) is 15.5 Å². The molecule has 0 aromatic heterocycles. The average Bonchev–Trinajstić information content (AvgIpc) is 2.86. The highest BCUT2D eigenvalue weighted by molar-refractivity contribution is 5.88. The number of ether oxygens (including phenoxy) is 1. The first-order valence-corrected chi connectivity index (χ1v) is 11.5. The molecule has 0 saturated carbocycles. The van der Waals surface area contributed by atoms with E-state index in [4.69, 9.17) is 10.5 Å². The summed E-state index contributed by atoms with van der Waals surface area (Å²) in [6.45, 7) is 1.91. The third kappa shape index (κ3) is 8.37. The van der Waals surface area contributed by atoms with Gasteiger partial charge in [-0.05, 0) is 24.0 Å². The van der Waals surface area contributed by atoms with Gasteiger partial charge in [-0.25, -0.2) is 4.79 Å². The minimum Gasteiger partial charge on any atom is -0.378 e. The van der Waals surface area contributed by atoms with E-state index in [0.717, 1.165) is 11.1 Å². The molecule has 2 unspecified atom stereocenters. The summed E-state index contributed by atoms with van der Waals surface area (Å²) in [5.74, 6) is -0.905. The first kappa shape index (κ1) is 25.0. The molecule has 180 valence electrons. The molecule has 2 aromatic carbocycles. The van der Waals surface area contributed by atoms with Gasteiger partial charge in [0, 0.05) is 31.6 Å². The van der Waals surface area contributed by atoms with Crippen LogP contribution >= 0.6 is 0 Å². The molecule has 0 aliphatic carbocycles. The molecule has 34 heavy (non-hydrogen) atoms. The number of benzene rings is 2. The van der Waals surface area contributed by atoms with Gasteiger partial charge >= 0.3 is 6.03 Å². The normalized spacial score (nSPS) is 15.5. The lowest BCUT2D eigenvalue weighted by Crippen LogP contribution is -2.55. The summed E-state index contributed by atoms with van der Waals surface area (Å²) in [6, 6.07) is 17.9. The van der Waals surface area contributed by atoms with Gasteiger partial charge in [0.15, 0.2) is 0 Å². The number of hydrogen-bond donors (Lipinski definition) is 3. The number of carbonyl (C=O) groups excluding carboxylic acids is 3. The van der Waals surface area contributed by atoms with Crippen molar-refractivity contribution in [3.63, 3.8) is 0 Å². The monoisotopic (exact) mass is 464 g/mol. The first-order chi connectivity index (χ1) is 16.5. The van der Waals surface area contributed by atoms with E-state index in [-0.39, 0.29) is 11.9 Å². The van der Waals surface area contributed by atoms with Crippen molar-refractivity contribution in [2.45, 2.75) is 31.3 Å². The lowest BCUT2D eigenvalue weighted by atomic mass is 10.0. The molecule has 1 saturated heterocycles. The van der Waals surface area contributed by atoms with Crippen LogP contribution in [0.4, 0.5) is 4.79 Å². The van der Waals surface area contributed by atoms with Gasteiger partial charge in [-0.15, -0.1) is 0 Å². The van der Waals surface area contributed by atoms with E-state index in [2.05, 4.69) is 10.6 Å². The van der Waals surface area contributed by atoms with Gasteiger partial charge < -0.3 is 26.0 Å². The van der Waals surface area contributed by atoms with Crippen molar-refractivity contribution >= 4 is 17.8 Å². The predicted octanol–water partition coefficient (Wildman–Crippen LogP) is 1.80. The Balaban J connectivity index is 1.71. The molecule has 2 atom stereocenters. The van der Waals surface area contributed by atoms with Crippen molar-refractivity contribution in [3.05, 3.63) is 83.9 Å². The maximum atomic E-state index is 13.3. The SMILES string of the molecule is NC(=O)/C=C/C(CCc1ccccc1)NC(=O)C(Cc1ccccc1)NC(=O)N1CCOCC1. The highest BCUT2D eigenvalue weighted by Gasteiger charge is 2.26. The highest BCUT2D eigenvalue weighted by atomic mass is 16.5. The van der Waals surface area contributed by atoms with Crippen LogP contribution in [0.15, 0.2) is 72.8 Å². The Morgan fingerprint density at radius 3 is 2.18 bits per heavy atom. The standard InChI is InChI=1S/C26H32N4O4/c27-24(31)14-13-22(12-11-20-7-3-1-4-8-20)28-25(32)23(19-21-9-5-2-6-10-21)29-26(33)30-15-17-34-18-16-30/h1-10,13-14,22-23H,11-12,15-19H2,(H2,27,31)(H,28,32)(H,29,33)/b14-13+. The minimum absolute atomic E-state index is 0.298. The summed E-state index contributed by atoms with van der Waals surface area (Å²) in [7, 11) is 0. The topological polar surface area (TPSA) is 114 Å². The molecule has 1 heterocycles. The van der Waals surface area contributed by atoms with Crippen LogP contribution in [0.3, 0.4) is 0 Å². The fourth-order valence-electron chi connectivity index (χ4n) is 3.74. The van der Waals surface area contributed by atoms with Crippen LogP contribution < -0.4 is 16.4 Å². The Morgan fingerprint density at radius 2 is 1.56 bits per heavy atom. The summed E-state index contributed by atoms with van der Waals surface area (Å²) < 4.78 is 5.31. The third-order valence-electron chi connectivity index (χ3n) is 5.60. The second-order valence-corrected chi connectivity index (χ2v) is 8.19.